The molecule has 3 N–H and O–H groups in total. The standard InChI is InChI=1S/C14H19N3S2.ClH/c1-3-18-12-6-4-11(5-7-12)10(2)16-8-13-9-17-14(15)19-13;/h4-7,9-10,16H,3,8H2,1-2H3,(H2,15,17);1H. The first-order chi connectivity index (χ1) is 9.19. The molecule has 1 atom stereocenters. The van der Waals surface area contributed by atoms with E-state index in [0.717, 1.165) is 12.3 Å². The van der Waals surface area contributed by atoms with E-state index in [1.54, 1.807) is 0 Å². The third kappa shape index (κ3) is 4.98. The number of hydrogen-bond donors (Lipinski definition) is 2. The van der Waals surface area contributed by atoms with Crippen LogP contribution < -0.4 is 11.1 Å². The molecule has 2 rings (SSSR count). The SMILES string of the molecule is CCSc1ccc(C(C)NCc2cnc(N)s2)cc1.Cl. The summed E-state index contributed by atoms with van der Waals surface area (Å²) in [7, 11) is 0. The zero-order chi connectivity index (χ0) is 13.7. The summed E-state index contributed by atoms with van der Waals surface area (Å²) in [6.45, 7) is 5.15. The molecule has 0 amide bonds. The number of benzene rings is 1. The smallest absolute Gasteiger partial charge is 0.180 e. The maximum Gasteiger partial charge on any atom is 0.180 e. The van der Waals surface area contributed by atoms with Gasteiger partial charge in [0, 0.05) is 28.6 Å². The van der Waals surface area contributed by atoms with Gasteiger partial charge < -0.3 is 11.1 Å². The van der Waals surface area contributed by atoms with Crippen molar-refractivity contribution in [3.8, 4) is 0 Å². The molecule has 0 radical (unpaired) electrons. The highest BCUT2D eigenvalue weighted by molar-refractivity contribution is 7.99. The van der Waals surface area contributed by atoms with Gasteiger partial charge in [0.15, 0.2) is 5.13 Å². The van der Waals surface area contributed by atoms with E-state index in [1.165, 1.54) is 26.7 Å². The van der Waals surface area contributed by atoms with E-state index in [4.69, 9.17) is 5.73 Å². The van der Waals surface area contributed by atoms with Crippen LogP contribution in [0.25, 0.3) is 0 Å². The van der Waals surface area contributed by atoms with Gasteiger partial charge in [-0.1, -0.05) is 19.1 Å². The zero-order valence-electron chi connectivity index (χ0n) is 11.6. The minimum atomic E-state index is 0. The number of nitrogens with two attached hydrogens (primary N) is 1. The Hall–Kier alpha value is -0.750. The van der Waals surface area contributed by atoms with Crippen LogP contribution >= 0.6 is 35.5 Å². The maximum atomic E-state index is 5.62. The van der Waals surface area contributed by atoms with Gasteiger partial charge in [0.25, 0.3) is 0 Å². The molecule has 0 spiro atoms. The molecule has 6 heteroatoms. The van der Waals surface area contributed by atoms with Crippen LogP contribution in [0.2, 0.25) is 0 Å². The van der Waals surface area contributed by atoms with E-state index >= 15 is 0 Å². The number of rotatable bonds is 6. The van der Waals surface area contributed by atoms with Gasteiger partial charge in [-0.15, -0.1) is 35.5 Å². The molecular formula is C14H20ClN3S2. The van der Waals surface area contributed by atoms with Crippen LogP contribution in [-0.4, -0.2) is 10.7 Å². The second-order valence-electron chi connectivity index (χ2n) is 4.27. The largest absolute Gasteiger partial charge is 0.375 e. The number of thiazole rings is 1. The minimum Gasteiger partial charge on any atom is -0.375 e. The molecule has 1 unspecified atom stereocenters. The van der Waals surface area contributed by atoms with Crippen molar-refractivity contribution in [3.05, 3.63) is 40.9 Å². The Morgan fingerprint density at radius 1 is 1.35 bits per heavy atom. The van der Waals surface area contributed by atoms with E-state index in [9.17, 15) is 0 Å². The van der Waals surface area contributed by atoms with Gasteiger partial charge in [0.2, 0.25) is 0 Å². The average Bonchev–Trinajstić information content (AvgIpc) is 2.83. The molecule has 0 fully saturated rings. The third-order valence-electron chi connectivity index (χ3n) is 2.85. The fraction of sp³-hybridized carbons (Fsp3) is 0.357. The van der Waals surface area contributed by atoms with Crippen molar-refractivity contribution in [3.63, 3.8) is 0 Å². The summed E-state index contributed by atoms with van der Waals surface area (Å²) in [6, 6.07) is 9.08. The van der Waals surface area contributed by atoms with E-state index < -0.39 is 0 Å². The lowest BCUT2D eigenvalue weighted by atomic mass is 10.1. The summed E-state index contributed by atoms with van der Waals surface area (Å²) in [4.78, 5) is 6.55. The van der Waals surface area contributed by atoms with Crippen molar-refractivity contribution in [2.24, 2.45) is 0 Å². The average molecular weight is 330 g/mol. The molecule has 0 aliphatic rings. The molecule has 3 nitrogen and oxygen atoms in total. The van der Waals surface area contributed by atoms with Crippen molar-refractivity contribution in [2.75, 3.05) is 11.5 Å². The molecule has 110 valence electrons. The normalized spacial score (nSPS) is 11.9. The van der Waals surface area contributed by atoms with Crippen LogP contribution in [0.3, 0.4) is 0 Å². The van der Waals surface area contributed by atoms with Crippen molar-refractivity contribution in [1.29, 1.82) is 0 Å². The van der Waals surface area contributed by atoms with E-state index in [2.05, 4.69) is 48.4 Å². The van der Waals surface area contributed by atoms with Crippen LogP contribution in [-0.2, 0) is 6.54 Å². The summed E-state index contributed by atoms with van der Waals surface area (Å²) in [5.41, 5.74) is 6.92. The summed E-state index contributed by atoms with van der Waals surface area (Å²) in [5.74, 6) is 1.11. The number of nitrogen functional groups attached to an aromatic ring is 1. The van der Waals surface area contributed by atoms with Crippen LogP contribution in [0.4, 0.5) is 5.13 Å². The fourth-order valence-electron chi connectivity index (χ4n) is 1.80. The summed E-state index contributed by atoms with van der Waals surface area (Å²) in [5, 5.41) is 4.12. The number of hydrogen-bond acceptors (Lipinski definition) is 5. The molecule has 0 bridgehead atoms. The Labute approximate surface area is 134 Å². The van der Waals surface area contributed by atoms with Gasteiger partial charge in [-0.3, -0.25) is 0 Å². The highest BCUT2D eigenvalue weighted by atomic mass is 35.5. The predicted molar refractivity (Wildman–Crippen MR) is 91.9 cm³/mol. The quantitative estimate of drug-likeness (QED) is 0.783. The van der Waals surface area contributed by atoms with Crippen LogP contribution in [0.1, 0.15) is 30.3 Å². The second kappa shape index (κ2) is 8.52. The lowest BCUT2D eigenvalue weighted by molar-refractivity contribution is 0.578. The van der Waals surface area contributed by atoms with E-state index in [1.807, 2.05) is 18.0 Å². The molecular weight excluding hydrogens is 310 g/mol. The topological polar surface area (TPSA) is 50.9 Å². The van der Waals surface area contributed by atoms with Crippen molar-refractivity contribution in [1.82, 2.24) is 10.3 Å². The zero-order valence-corrected chi connectivity index (χ0v) is 14.1. The Balaban J connectivity index is 0.00000200. The molecule has 20 heavy (non-hydrogen) atoms. The summed E-state index contributed by atoms with van der Waals surface area (Å²) < 4.78 is 0. The maximum absolute atomic E-state index is 5.62. The molecule has 0 saturated heterocycles. The predicted octanol–water partition coefficient (Wildman–Crippen LogP) is 4.11. The third-order valence-corrected chi connectivity index (χ3v) is 4.57. The highest BCUT2D eigenvalue weighted by Crippen LogP contribution is 2.21. The molecule has 0 aliphatic carbocycles. The molecule has 2 aromatic rings. The lowest BCUT2D eigenvalue weighted by Gasteiger charge is -2.13. The molecule has 1 aromatic heterocycles. The number of thioether (sulfide) groups is 1. The lowest BCUT2D eigenvalue weighted by Crippen LogP contribution is -2.17. The highest BCUT2D eigenvalue weighted by Gasteiger charge is 2.06. The molecule has 0 aliphatic heterocycles. The van der Waals surface area contributed by atoms with E-state index in [-0.39, 0.29) is 12.4 Å². The summed E-state index contributed by atoms with van der Waals surface area (Å²) >= 11 is 3.40. The minimum absolute atomic E-state index is 0. The number of nitrogens with zero attached hydrogens (tertiary/aromatic N) is 1. The number of anilines is 1. The van der Waals surface area contributed by atoms with Gasteiger partial charge in [0.1, 0.15) is 0 Å². The van der Waals surface area contributed by atoms with Crippen LogP contribution in [0, 0.1) is 0 Å². The fourth-order valence-corrected chi connectivity index (χ4v) is 3.09. The van der Waals surface area contributed by atoms with Gasteiger partial charge in [-0.05, 0) is 30.4 Å². The van der Waals surface area contributed by atoms with E-state index in [0.29, 0.717) is 11.2 Å². The first-order valence-electron chi connectivity index (χ1n) is 6.35. The Morgan fingerprint density at radius 3 is 2.60 bits per heavy atom. The molecule has 1 heterocycles. The van der Waals surface area contributed by atoms with Crippen molar-refractivity contribution < 1.29 is 0 Å². The van der Waals surface area contributed by atoms with Gasteiger partial charge >= 0.3 is 0 Å². The van der Waals surface area contributed by atoms with Crippen molar-refractivity contribution in [2.45, 2.75) is 31.3 Å². The Kier molecular flexibility index (Phi) is 7.37. The molecule has 0 saturated carbocycles. The Morgan fingerprint density at radius 2 is 2.05 bits per heavy atom. The second-order valence-corrected chi connectivity index (χ2v) is 6.75. The Bertz CT molecular complexity index is 513. The number of aromatic nitrogens is 1. The van der Waals surface area contributed by atoms with Crippen LogP contribution in [0.5, 0.6) is 0 Å². The van der Waals surface area contributed by atoms with Gasteiger partial charge in [-0.25, -0.2) is 4.98 Å². The first kappa shape index (κ1) is 17.3. The van der Waals surface area contributed by atoms with Gasteiger partial charge in [-0.2, -0.15) is 0 Å². The van der Waals surface area contributed by atoms with Crippen molar-refractivity contribution >= 4 is 40.6 Å². The first-order valence-corrected chi connectivity index (χ1v) is 8.15. The monoisotopic (exact) mass is 329 g/mol. The number of nitrogens with one attached hydrogen (secondary N) is 1. The van der Waals surface area contributed by atoms with Gasteiger partial charge in [0.05, 0.1) is 0 Å². The number of halogens is 1. The van der Waals surface area contributed by atoms with Crippen LogP contribution in [0.15, 0.2) is 35.4 Å². The molecule has 1 aromatic carbocycles. The summed E-state index contributed by atoms with van der Waals surface area (Å²) in [6.07, 6.45) is 1.83.